The predicted octanol–water partition coefficient (Wildman–Crippen LogP) is 2.67. The van der Waals surface area contributed by atoms with Crippen molar-refractivity contribution < 1.29 is 0 Å². The van der Waals surface area contributed by atoms with Gasteiger partial charge in [-0.05, 0) is 48.0 Å². The Labute approximate surface area is 109 Å². The molecule has 0 radical (unpaired) electrons. The highest BCUT2D eigenvalue weighted by Crippen LogP contribution is 2.25. The fourth-order valence-electron chi connectivity index (χ4n) is 1.77. The Morgan fingerprint density at radius 2 is 2.06 bits per heavy atom. The summed E-state index contributed by atoms with van der Waals surface area (Å²) in [5, 5.41) is 4.29. The van der Waals surface area contributed by atoms with Crippen LogP contribution in [-0.4, -0.2) is 14.8 Å². The van der Waals surface area contributed by atoms with Crippen molar-refractivity contribution in [1.82, 2.24) is 14.8 Å². The normalized spacial score (nSPS) is 13.0. The summed E-state index contributed by atoms with van der Waals surface area (Å²) in [4.78, 5) is 4.32. The SMILES string of the molecule is CC(C)n1nccc1C(N)c1ncccc1Br. The van der Waals surface area contributed by atoms with Crippen LogP contribution in [0.2, 0.25) is 0 Å². The first-order valence-electron chi connectivity index (χ1n) is 5.50. The molecule has 1 unspecified atom stereocenters. The molecule has 0 aliphatic rings. The number of nitrogens with two attached hydrogens (primary N) is 1. The number of pyridine rings is 1. The van der Waals surface area contributed by atoms with Gasteiger partial charge in [0.2, 0.25) is 0 Å². The van der Waals surface area contributed by atoms with Crippen LogP contribution in [0.4, 0.5) is 0 Å². The second-order valence-electron chi connectivity index (χ2n) is 4.14. The minimum absolute atomic E-state index is 0.268. The molecule has 2 aromatic rings. The summed E-state index contributed by atoms with van der Waals surface area (Å²) in [6, 6.07) is 5.77. The molecule has 0 aliphatic heterocycles. The molecule has 2 heterocycles. The lowest BCUT2D eigenvalue weighted by atomic mass is 10.1. The summed E-state index contributed by atoms with van der Waals surface area (Å²) < 4.78 is 2.84. The van der Waals surface area contributed by atoms with Crippen LogP contribution in [-0.2, 0) is 0 Å². The number of nitrogens with zero attached hydrogens (tertiary/aromatic N) is 3. The first-order chi connectivity index (χ1) is 8.11. The van der Waals surface area contributed by atoms with Gasteiger partial charge in [0.25, 0.3) is 0 Å². The second-order valence-corrected chi connectivity index (χ2v) is 5.00. The van der Waals surface area contributed by atoms with Crippen molar-refractivity contribution in [3.63, 3.8) is 0 Å². The monoisotopic (exact) mass is 294 g/mol. The Kier molecular flexibility index (Phi) is 3.59. The first kappa shape index (κ1) is 12.3. The Morgan fingerprint density at radius 3 is 2.71 bits per heavy atom. The molecule has 0 fully saturated rings. The molecule has 0 aliphatic carbocycles. The van der Waals surface area contributed by atoms with Crippen molar-refractivity contribution in [2.45, 2.75) is 25.9 Å². The Balaban J connectivity index is 2.41. The Hall–Kier alpha value is -1.20. The fraction of sp³-hybridized carbons (Fsp3) is 0.333. The zero-order valence-corrected chi connectivity index (χ0v) is 11.4. The van der Waals surface area contributed by atoms with Gasteiger partial charge >= 0.3 is 0 Å². The summed E-state index contributed by atoms with van der Waals surface area (Å²) >= 11 is 3.47. The van der Waals surface area contributed by atoms with Gasteiger partial charge in [0.05, 0.1) is 17.4 Å². The molecule has 2 aromatic heterocycles. The van der Waals surface area contributed by atoms with Crippen molar-refractivity contribution in [3.05, 3.63) is 46.5 Å². The largest absolute Gasteiger partial charge is 0.318 e. The minimum Gasteiger partial charge on any atom is -0.318 e. The average Bonchev–Trinajstić information content (AvgIpc) is 2.77. The topological polar surface area (TPSA) is 56.7 Å². The highest BCUT2D eigenvalue weighted by Gasteiger charge is 2.18. The Bertz CT molecular complexity index is 507. The van der Waals surface area contributed by atoms with E-state index in [1.807, 2.05) is 22.9 Å². The van der Waals surface area contributed by atoms with Crippen LogP contribution in [0.15, 0.2) is 35.1 Å². The van der Waals surface area contributed by atoms with E-state index >= 15 is 0 Å². The maximum Gasteiger partial charge on any atom is 0.0908 e. The lowest BCUT2D eigenvalue weighted by Gasteiger charge is -2.17. The molecule has 0 spiro atoms. The maximum atomic E-state index is 6.25. The van der Waals surface area contributed by atoms with E-state index in [0.29, 0.717) is 0 Å². The molecular weight excluding hydrogens is 280 g/mol. The van der Waals surface area contributed by atoms with E-state index < -0.39 is 0 Å². The van der Waals surface area contributed by atoms with Gasteiger partial charge < -0.3 is 5.73 Å². The first-order valence-corrected chi connectivity index (χ1v) is 6.30. The van der Waals surface area contributed by atoms with Gasteiger partial charge in [-0.1, -0.05) is 0 Å². The van der Waals surface area contributed by atoms with Crippen molar-refractivity contribution in [2.75, 3.05) is 0 Å². The van der Waals surface area contributed by atoms with Gasteiger partial charge in [0.15, 0.2) is 0 Å². The van der Waals surface area contributed by atoms with Crippen LogP contribution in [0.5, 0.6) is 0 Å². The highest BCUT2D eigenvalue weighted by atomic mass is 79.9. The van der Waals surface area contributed by atoms with E-state index in [-0.39, 0.29) is 12.1 Å². The summed E-state index contributed by atoms with van der Waals surface area (Å²) in [5.74, 6) is 0. The number of hydrogen-bond acceptors (Lipinski definition) is 3. The number of halogens is 1. The molecule has 0 saturated heterocycles. The lowest BCUT2D eigenvalue weighted by molar-refractivity contribution is 0.497. The molecule has 0 saturated carbocycles. The minimum atomic E-state index is -0.268. The fourth-order valence-corrected chi connectivity index (χ4v) is 2.27. The molecule has 2 N–H and O–H groups in total. The van der Waals surface area contributed by atoms with Gasteiger partial charge in [0.1, 0.15) is 0 Å². The quantitative estimate of drug-likeness (QED) is 0.947. The van der Waals surface area contributed by atoms with E-state index in [1.54, 1.807) is 12.4 Å². The number of aromatic nitrogens is 3. The van der Waals surface area contributed by atoms with E-state index in [0.717, 1.165) is 15.9 Å². The summed E-state index contributed by atoms with van der Waals surface area (Å²) in [6.07, 6.45) is 3.52. The molecule has 1 atom stereocenters. The summed E-state index contributed by atoms with van der Waals surface area (Å²) in [7, 11) is 0. The van der Waals surface area contributed by atoms with Gasteiger partial charge in [0, 0.05) is 22.9 Å². The summed E-state index contributed by atoms with van der Waals surface area (Å²) in [6.45, 7) is 4.16. The van der Waals surface area contributed by atoms with Crippen molar-refractivity contribution >= 4 is 15.9 Å². The third-order valence-electron chi connectivity index (χ3n) is 2.59. The van der Waals surface area contributed by atoms with Gasteiger partial charge in [-0.25, -0.2) is 0 Å². The highest BCUT2D eigenvalue weighted by molar-refractivity contribution is 9.10. The average molecular weight is 295 g/mol. The smallest absolute Gasteiger partial charge is 0.0908 e. The van der Waals surface area contributed by atoms with Crippen LogP contribution in [0.1, 0.15) is 37.3 Å². The standard InChI is InChI=1S/C12H15BrN4/c1-8(2)17-10(5-7-16-17)11(14)12-9(13)4-3-6-15-12/h3-8,11H,14H2,1-2H3. The van der Waals surface area contributed by atoms with Gasteiger partial charge in [-0.3, -0.25) is 9.67 Å². The van der Waals surface area contributed by atoms with Crippen LogP contribution in [0.25, 0.3) is 0 Å². The number of hydrogen-bond donors (Lipinski definition) is 1. The van der Waals surface area contributed by atoms with E-state index in [1.165, 1.54) is 0 Å². The molecule has 2 rings (SSSR count). The van der Waals surface area contributed by atoms with E-state index in [9.17, 15) is 0 Å². The maximum absolute atomic E-state index is 6.25. The lowest BCUT2D eigenvalue weighted by Crippen LogP contribution is -2.20. The van der Waals surface area contributed by atoms with Crippen LogP contribution in [0, 0.1) is 0 Å². The van der Waals surface area contributed by atoms with Crippen LogP contribution in [0.3, 0.4) is 0 Å². The van der Waals surface area contributed by atoms with Crippen molar-refractivity contribution in [3.8, 4) is 0 Å². The zero-order chi connectivity index (χ0) is 12.4. The zero-order valence-electron chi connectivity index (χ0n) is 9.84. The number of rotatable bonds is 3. The van der Waals surface area contributed by atoms with E-state index in [2.05, 4.69) is 39.9 Å². The Morgan fingerprint density at radius 1 is 1.29 bits per heavy atom. The van der Waals surface area contributed by atoms with Gasteiger partial charge in [-0.2, -0.15) is 5.10 Å². The third kappa shape index (κ3) is 2.40. The van der Waals surface area contributed by atoms with Gasteiger partial charge in [-0.15, -0.1) is 0 Å². The molecule has 0 aromatic carbocycles. The predicted molar refractivity (Wildman–Crippen MR) is 70.6 cm³/mol. The van der Waals surface area contributed by atoms with Crippen LogP contribution >= 0.6 is 15.9 Å². The molecule has 4 nitrogen and oxygen atoms in total. The van der Waals surface area contributed by atoms with Crippen molar-refractivity contribution in [2.24, 2.45) is 5.73 Å². The molecular formula is C12H15BrN4. The van der Waals surface area contributed by atoms with Crippen molar-refractivity contribution in [1.29, 1.82) is 0 Å². The second kappa shape index (κ2) is 4.98. The van der Waals surface area contributed by atoms with Crippen LogP contribution < -0.4 is 5.73 Å². The molecule has 90 valence electrons. The van der Waals surface area contributed by atoms with E-state index in [4.69, 9.17) is 5.73 Å². The molecule has 5 heteroatoms. The molecule has 17 heavy (non-hydrogen) atoms. The summed E-state index contributed by atoms with van der Waals surface area (Å²) in [5.41, 5.74) is 8.05. The third-order valence-corrected chi connectivity index (χ3v) is 3.26. The molecule has 0 bridgehead atoms. The molecule has 0 amide bonds.